The molecule has 0 bridgehead atoms. The van der Waals surface area contributed by atoms with Gasteiger partial charge in [-0.15, -0.1) is 0 Å². The van der Waals surface area contributed by atoms with Crippen LogP contribution < -0.4 is 9.46 Å². The fourth-order valence-electron chi connectivity index (χ4n) is 3.13. The molecule has 1 N–H and O–H groups in total. The van der Waals surface area contributed by atoms with Crippen LogP contribution >= 0.6 is 11.6 Å². The minimum Gasteiger partial charge on any atom is -0.492 e. The highest BCUT2D eigenvalue weighted by molar-refractivity contribution is 7.92. The van der Waals surface area contributed by atoms with Crippen molar-refractivity contribution in [2.75, 3.05) is 24.4 Å². The van der Waals surface area contributed by atoms with Gasteiger partial charge in [-0.3, -0.25) is 14.8 Å². The van der Waals surface area contributed by atoms with Gasteiger partial charge in [-0.25, -0.2) is 16.8 Å². The molecule has 1 heterocycles. The van der Waals surface area contributed by atoms with Crippen molar-refractivity contribution in [2.45, 2.75) is 29.6 Å². The van der Waals surface area contributed by atoms with Crippen molar-refractivity contribution in [1.29, 1.82) is 0 Å². The van der Waals surface area contributed by atoms with Crippen LogP contribution in [-0.2, 0) is 20.0 Å². The molecule has 168 valence electrons. The Kier molecular flexibility index (Phi) is 6.74. The van der Waals surface area contributed by atoms with Crippen LogP contribution in [0, 0.1) is 10.1 Å². The van der Waals surface area contributed by atoms with Gasteiger partial charge in [0.1, 0.15) is 15.7 Å². The highest BCUT2D eigenvalue weighted by Gasteiger charge is 2.31. The summed E-state index contributed by atoms with van der Waals surface area (Å²) in [4.78, 5) is 9.73. The molecule has 2 aromatic rings. The van der Waals surface area contributed by atoms with Gasteiger partial charge in [0.15, 0.2) is 0 Å². The minimum atomic E-state index is -4.25. The highest BCUT2D eigenvalue weighted by atomic mass is 35.5. The predicted molar refractivity (Wildman–Crippen MR) is 115 cm³/mol. The van der Waals surface area contributed by atoms with E-state index in [1.807, 2.05) is 0 Å². The van der Waals surface area contributed by atoms with E-state index in [9.17, 15) is 26.9 Å². The molecule has 1 saturated heterocycles. The summed E-state index contributed by atoms with van der Waals surface area (Å²) >= 11 is 5.74. The van der Waals surface area contributed by atoms with Crippen LogP contribution in [0.5, 0.6) is 5.75 Å². The summed E-state index contributed by atoms with van der Waals surface area (Å²) in [5.74, 6) is 0.111. The van der Waals surface area contributed by atoms with Crippen molar-refractivity contribution in [3.05, 3.63) is 51.5 Å². The molecule has 1 fully saturated rings. The van der Waals surface area contributed by atoms with E-state index in [2.05, 4.69) is 4.72 Å². The van der Waals surface area contributed by atoms with Gasteiger partial charge in [-0.1, -0.05) is 11.6 Å². The Hall–Kier alpha value is -2.41. The maximum absolute atomic E-state index is 13.1. The first-order chi connectivity index (χ1) is 14.6. The Morgan fingerprint density at radius 3 is 2.42 bits per heavy atom. The lowest BCUT2D eigenvalue weighted by atomic mass is 10.3. The Morgan fingerprint density at radius 2 is 1.81 bits per heavy atom. The van der Waals surface area contributed by atoms with E-state index < -0.39 is 30.7 Å². The number of nitro benzene ring substituents is 1. The van der Waals surface area contributed by atoms with Gasteiger partial charge in [-0.05, 0) is 50.1 Å². The molecule has 10 nitrogen and oxygen atoms in total. The Bertz CT molecular complexity index is 1210. The zero-order valence-corrected chi connectivity index (χ0v) is 18.8. The van der Waals surface area contributed by atoms with Crippen LogP contribution in [0.15, 0.2) is 46.2 Å². The number of halogens is 1. The average molecular weight is 490 g/mol. The molecule has 0 radical (unpaired) electrons. The van der Waals surface area contributed by atoms with Crippen LogP contribution in [0.1, 0.15) is 19.8 Å². The largest absolute Gasteiger partial charge is 0.492 e. The molecule has 0 atom stereocenters. The Balaban J connectivity index is 2.00. The first-order valence-corrected chi connectivity index (χ1v) is 12.6. The number of anilines is 1. The molecule has 0 amide bonds. The van der Waals surface area contributed by atoms with Gasteiger partial charge in [-0.2, -0.15) is 4.31 Å². The van der Waals surface area contributed by atoms with Crippen molar-refractivity contribution in [2.24, 2.45) is 0 Å². The SMILES string of the molecule is CCOc1ccc(NS(=O)(=O)c2ccc(Cl)c([N+](=O)[O-])c2)cc1S(=O)(=O)N1CCCC1. The summed E-state index contributed by atoms with van der Waals surface area (Å²) in [6.45, 7) is 2.68. The van der Waals surface area contributed by atoms with E-state index in [-0.39, 0.29) is 32.9 Å². The van der Waals surface area contributed by atoms with Gasteiger partial charge in [0, 0.05) is 19.2 Å². The van der Waals surface area contributed by atoms with Crippen LogP contribution in [-0.4, -0.2) is 45.8 Å². The minimum absolute atomic E-state index is 0.0289. The third kappa shape index (κ3) is 4.92. The van der Waals surface area contributed by atoms with Crippen molar-refractivity contribution in [3.63, 3.8) is 0 Å². The number of nitrogens with zero attached hydrogens (tertiary/aromatic N) is 2. The summed E-state index contributed by atoms with van der Waals surface area (Å²) in [6, 6.07) is 6.97. The van der Waals surface area contributed by atoms with Gasteiger partial charge in [0.2, 0.25) is 10.0 Å². The second-order valence-corrected chi connectivity index (χ2v) is 10.7. The standard InChI is InChI=1S/C18H20ClN3O7S2/c1-2-29-17-8-5-13(11-18(17)31(27,28)21-9-3-4-10-21)20-30(25,26)14-6-7-15(19)16(12-14)22(23)24/h5-8,11-12,20H,2-4,9-10H2,1H3. The number of nitrogens with one attached hydrogen (secondary N) is 1. The molecular weight excluding hydrogens is 470 g/mol. The number of hydrogen-bond acceptors (Lipinski definition) is 7. The van der Waals surface area contributed by atoms with E-state index in [0.29, 0.717) is 13.1 Å². The van der Waals surface area contributed by atoms with Gasteiger partial charge < -0.3 is 4.74 Å². The van der Waals surface area contributed by atoms with Gasteiger partial charge in [0.25, 0.3) is 15.7 Å². The van der Waals surface area contributed by atoms with E-state index in [0.717, 1.165) is 31.0 Å². The number of sulfonamides is 2. The van der Waals surface area contributed by atoms with Crippen molar-refractivity contribution < 1.29 is 26.5 Å². The van der Waals surface area contributed by atoms with Crippen molar-refractivity contribution in [3.8, 4) is 5.75 Å². The fourth-order valence-corrected chi connectivity index (χ4v) is 6.06. The molecule has 0 spiro atoms. The van der Waals surface area contributed by atoms with Crippen LogP contribution in [0.25, 0.3) is 0 Å². The molecule has 0 aromatic heterocycles. The number of ether oxygens (including phenoxy) is 1. The fraction of sp³-hybridized carbons (Fsp3) is 0.333. The van der Waals surface area contributed by atoms with E-state index in [1.165, 1.54) is 22.5 Å². The summed E-state index contributed by atoms with van der Waals surface area (Å²) in [6.07, 6.45) is 1.48. The third-order valence-corrected chi connectivity index (χ3v) is 8.22. The average Bonchev–Trinajstić information content (AvgIpc) is 3.24. The zero-order chi connectivity index (χ0) is 22.8. The number of hydrogen-bond donors (Lipinski definition) is 1. The summed E-state index contributed by atoms with van der Waals surface area (Å²) in [5.41, 5.74) is -0.590. The van der Waals surface area contributed by atoms with Crippen molar-refractivity contribution >= 4 is 43.0 Å². The number of rotatable bonds is 8. The maximum Gasteiger partial charge on any atom is 0.289 e. The summed E-state index contributed by atoms with van der Waals surface area (Å²) in [7, 11) is -8.15. The maximum atomic E-state index is 13.1. The molecule has 3 rings (SSSR count). The molecule has 0 aliphatic carbocycles. The van der Waals surface area contributed by atoms with E-state index in [4.69, 9.17) is 16.3 Å². The summed E-state index contributed by atoms with van der Waals surface area (Å²) in [5, 5.41) is 10.9. The number of nitro groups is 1. The van der Waals surface area contributed by atoms with Gasteiger partial charge in [0.05, 0.1) is 22.1 Å². The first kappa shape index (κ1) is 23.3. The molecule has 1 aliphatic heterocycles. The first-order valence-electron chi connectivity index (χ1n) is 9.30. The zero-order valence-electron chi connectivity index (χ0n) is 16.4. The second kappa shape index (κ2) is 8.99. The van der Waals surface area contributed by atoms with Crippen molar-refractivity contribution in [1.82, 2.24) is 4.31 Å². The third-order valence-electron chi connectivity index (χ3n) is 4.60. The highest BCUT2D eigenvalue weighted by Crippen LogP contribution is 2.33. The van der Waals surface area contributed by atoms with Crippen LogP contribution in [0.2, 0.25) is 5.02 Å². The lowest BCUT2D eigenvalue weighted by Crippen LogP contribution is -2.28. The second-order valence-electron chi connectivity index (χ2n) is 6.68. The quantitative estimate of drug-likeness (QED) is 0.444. The molecule has 0 unspecified atom stereocenters. The predicted octanol–water partition coefficient (Wildman–Crippen LogP) is 3.23. The summed E-state index contributed by atoms with van der Waals surface area (Å²) < 4.78 is 60.6. The molecule has 31 heavy (non-hydrogen) atoms. The van der Waals surface area contributed by atoms with Crippen LogP contribution in [0.4, 0.5) is 11.4 Å². The number of benzene rings is 2. The normalized spacial score (nSPS) is 15.0. The Morgan fingerprint density at radius 1 is 1.13 bits per heavy atom. The molecule has 13 heteroatoms. The lowest BCUT2D eigenvalue weighted by molar-refractivity contribution is -0.384. The van der Waals surface area contributed by atoms with E-state index >= 15 is 0 Å². The smallest absolute Gasteiger partial charge is 0.289 e. The van der Waals surface area contributed by atoms with E-state index in [1.54, 1.807) is 6.92 Å². The van der Waals surface area contributed by atoms with Crippen LogP contribution in [0.3, 0.4) is 0 Å². The topological polar surface area (TPSA) is 136 Å². The molecular formula is C18H20ClN3O7S2. The molecule has 0 saturated carbocycles. The Labute approximate surface area is 185 Å². The molecule has 1 aliphatic rings. The van der Waals surface area contributed by atoms with Gasteiger partial charge >= 0.3 is 0 Å². The lowest BCUT2D eigenvalue weighted by Gasteiger charge is -2.19. The molecule has 2 aromatic carbocycles. The monoisotopic (exact) mass is 489 g/mol.